The van der Waals surface area contributed by atoms with Gasteiger partial charge in [-0.2, -0.15) is 0 Å². The van der Waals surface area contributed by atoms with Crippen LogP contribution in [0.3, 0.4) is 0 Å². The first kappa shape index (κ1) is 15.9. The normalized spacial score (nSPS) is 15.5. The van der Waals surface area contributed by atoms with Crippen molar-refractivity contribution < 1.29 is 8.81 Å². The molecular weight excluding hydrogens is 319 g/mol. The number of pyridine rings is 1. The number of hydrogen-bond acceptors (Lipinski definition) is 5. The molecule has 0 aliphatic heterocycles. The molecule has 25 heavy (non-hydrogen) atoms. The lowest BCUT2D eigenvalue weighted by atomic mass is 9.99. The molecule has 1 aromatic carbocycles. The molecule has 6 heteroatoms. The fourth-order valence-electron chi connectivity index (χ4n) is 3.01. The first-order valence-electron chi connectivity index (χ1n) is 8.38. The Hall–Kier alpha value is -2.60. The van der Waals surface area contributed by atoms with Gasteiger partial charge in [-0.3, -0.25) is 9.88 Å². The van der Waals surface area contributed by atoms with Crippen LogP contribution in [0.25, 0.3) is 0 Å². The second-order valence-electron chi connectivity index (χ2n) is 6.46. The molecule has 0 spiro atoms. The third-order valence-electron chi connectivity index (χ3n) is 4.42. The van der Waals surface area contributed by atoms with Crippen LogP contribution in [0.4, 0.5) is 4.39 Å². The largest absolute Gasteiger partial charge is 0.424 e. The zero-order chi connectivity index (χ0) is 17.2. The lowest BCUT2D eigenvalue weighted by Gasteiger charge is -2.27. The summed E-state index contributed by atoms with van der Waals surface area (Å²) in [6, 6.07) is 10.4. The molecule has 1 aliphatic carbocycles. The quantitative estimate of drug-likeness (QED) is 0.686. The van der Waals surface area contributed by atoms with Gasteiger partial charge in [-0.15, -0.1) is 10.2 Å². The van der Waals surface area contributed by atoms with E-state index in [1.807, 2.05) is 25.4 Å². The summed E-state index contributed by atoms with van der Waals surface area (Å²) >= 11 is 0. The van der Waals surface area contributed by atoms with E-state index in [2.05, 4.69) is 20.1 Å². The lowest BCUT2D eigenvalue weighted by molar-refractivity contribution is 0.239. The van der Waals surface area contributed by atoms with E-state index in [0.29, 0.717) is 18.4 Å². The minimum Gasteiger partial charge on any atom is -0.424 e. The predicted octanol–water partition coefficient (Wildman–Crippen LogP) is 3.70. The molecule has 0 amide bonds. The molecule has 1 atom stereocenters. The number of rotatable bonds is 6. The predicted molar refractivity (Wildman–Crippen MR) is 90.2 cm³/mol. The zero-order valence-electron chi connectivity index (χ0n) is 14.0. The van der Waals surface area contributed by atoms with Crippen molar-refractivity contribution in [1.29, 1.82) is 0 Å². The number of hydrogen-bond donors (Lipinski definition) is 0. The summed E-state index contributed by atoms with van der Waals surface area (Å²) < 4.78 is 19.1. The molecule has 128 valence electrons. The summed E-state index contributed by atoms with van der Waals surface area (Å²) in [5.74, 6) is 1.53. The number of aromatic nitrogens is 3. The summed E-state index contributed by atoms with van der Waals surface area (Å²) in [7, 11) is 1.99. The van der Waals surface area contributed by atoms with Crippen molar-refractivity contribution in [2.24, 2.45) is 0 Å². The maximum atomic E-state index is 13.3. The number of halogens is 1. The molecule has 0 radical (unpaired) electrons. The molecule has 1 saturated carbocycles. The molecule has 3 aromatic rings. The van der Waals surface area contributed by atoms with Crippen molar-refractivity contribution in [3.63, 3.8) is 0 Å². The summed E-state index contributed by atoms with van der Waals surface area (Å²) in [5, 5.41) is 8.31. The SMILES string of the molecule is CN(Cc1nnc(C2CC2)o1)[C@@H](c1ccc(F)cc1)c1cccnc1. The second kappa shape index (κ2) is 6.72. The van der Waals surface area contributed by atoms with Crippen LogP contribution in [0.5, 0.6) is 0 Å². The molecule has 5 nitrogen and oxygen atoms in total. The van der Waals surface area contributed by atoms with E-state index >= 15 is 0 Å². The van der Waals surface area contributed by atoms with Crippen LogP contribution in [0, 0.1) is 5.82 Å². The summed E-state index contributed by atoms with van der Waals surface area (Å²) in [4.78, 5) is 6.33. The fraction of sp³-hybridized carbons (Fsp3) is 0.316. The van der Waals surface area contributed by atoms with Crippen molar-refractivity contribution in [2.75, 3.05) is 7.05 Å². The van der Waals surface area contributed by atoms with Crippen molar-refractivity contribution in [2.45, 2.75) is 31.3 Å². The molecule has 1 fully saturated rings. The highest BCUT2D eigenvalue weighted by atomic mass is 19.1. The molecule has 0 unspecified atom stereocenters. The highest BCUT2D eigenvalue weighted by Crippen LogP contribution is 2.39. The van der Waals surface area contributed by atoms with Crippen LogP contribution >= 0.6 is 0 Å². The van der Waals surface area contributed by atoms with Gasteiger partial charge in [-0.1, -0.05) is 18.2 Å². The van der Waals surface area contributed by atoms with Gasteiger partial charge in [-0.25, -0.2) is 4.39 Å². The van der Waals surface area contributed by atoms with Crippen LogP contribution in [0.1, 0.15) is 47.7 Å². The van der Waals surface area contributed by atoms with Crippen molar-refractivity contribution >= 4 is 0 Å². The summed E-state index contributed by atoms with van der Waals surface area (Å²) in [6.07, 6.45) is 5.83. The van der Waals surface area contributed by atoms with Gasteiger partial charge in [0.2, 0.25) is 11.8 Å². The molecule has 2 heterocycles. The van der Waals surface area contributed by atoms with Gasteiger partial charge in [0.1, 0.15) is 5.82 Å². The number of benzene rings is 1. The van der Waals surface area contributed by atoms with Gasteiger partial charge in [0.25, 0.3) is 0 Å². The van der Waals surface area contributed by atoms with E-state index < -0.39 is 0 Å². The Morgan fingerprint density at radius 1 is 1.16 bits per heavy atom. The molecular formula is C19H19FN4O. The van der Waals surface area contributed by atoms with Crippen LogP contribution in [-0.4, -0.2) is 27.1 Å². The van der Waals surface area contributed by atoms with E-state index in [-0.39, 0.29) is 11.9 Å². The Morgan fingerprint density at radius 2 is 1.96 bits per heavy atom. The molecule has 0 bridgehead atoms. The Labute approximate surface area is 145 Å². The molecule has 1 aliphatic rings. The monoisotopic (exact) mass is 338 g/mol. The Morgan fingerprint density at radius 3 is 2.64 bits per heavy atom. The molecule has 0 N–H and O–H groups in total. The highest BCUT2D eigenvalue weighted by molar-refractivity contribution is 5.30. The molecule has 2 aromatic heterocycles. The van der Waals surface area contributed by atoms with Crippen molar-refractivity contribution in [1.82, 2.24) is 20.1 Å². The maximum Gasteiger partial charge on any atom is 0.230 e. The lowest BCUT2D eigenvalue weighted by Crippen LogP contribution is -2.25. The Balaban J connectivity index is 1.60. The van der Waals surface area contributed by atoms with Crippen molar-refractivity contribution in [3.05, 3.63) is 77.5 Å². The van der Waals surface area contributed by atoms with E-state index in [1.165, 1.54) is 12.1 Å². The average Bonchev–Trinajstić information content (AvgIpc) is 3.38. The number of nitrogens with zero attached hydrogens (tertiary/aromatic N) is 4. The smallest absolute Gasteiger partial charge is 0.230 e. The van der Waals surface area contributed by atoms with E-state index in [1.54, 1.807) is 18.3 Å². The summed E-state index contributed by atoms with van der Waals surface area (Å²) in [6.45, 7) is 0.511. The molecule has 0 saturated heterocycles. The zero-order valence-corrected chi connectivity index (χ0v) is 14.0. The van der Waals surface area contributed by atoms with Gasteiger partial charge in [0, 0.05) is 18.3 Å². The minimum absolute atomic E-state index is 0.0782. The minimum atomic E-state index is -0.248. The van der Waals surface area contributed by atoms with Gasteiger partial charge >= 0.3 is 0 Å². The summed E-state index contributed by atoms with van der Waals surface area (Å²) in [5.41, 5.74) is 2.01. The van der Waals surface area contributed by atoms with Crippen molar-refractivity contribution in [3.8, 4) is 0 Å². The van der Waals surface area contributed by atoms with Crippen LogP contribution < -0.4 is 0 Å². The van der Waals surface area contributed by atoms with Gasteiger partial charge in [-0.05, 0) is 49.2 Å². The van der Waals surface area contributed by atoms with Gasteiger partial charge in [0.05, 0.1) is 12.6 Å². The first-order valence-corrected chi connectivity index (χ1v) is 8.38. The Kier molecular flexibility index (Phi) is 4.28. The first-order chi connectivity index (χ1) is 12.2. The highest BCUT2D eigenvalue weighted by Gasteiger charge is 2.30. The standard InChI is InChI=1S/C19H19FN4O/c1-24(12-17-22-23-19(25-17)14-4-5-14)18(15-3-2-10-21-11-15)13-6-8-16(20)9-7-13/h2-3,6-11,14,18H,4-5,12H2,1H3/t18-/m0/s1. The van der Waals surface area contributed by atoms with Crippen LogP contribution in [-0.2, 0) is 6.54 Å². The second-order valence-corrected chi connectivity index (χ2v) is 6.46. The van der Waals surface area contributed by atoms with E-state index in [0.717, 1.165) is 29.9 Å². The third kappa shape index (κ3) is 3.58. The Bertz CT molecular complexity index is 830. The van der Waals surface area contributed by atoms with Gasteiger partial charge in [0.15, 0.2) is 0 Å². The topological polar surface area (TPSA) is 55.1 Å². The van der Waals surface area contributed by atoms with E-state index in [4.69, 9.17) is 4.42 Å². The fourth-order valence-corrected chi connectivity index (χ4v) is 3.01. The van der Waals surface area contributed by atoms with Gasteiger partial charge < -0.3 is 4.42 Å². The average molecular weight is 338 g/mol. The van der Waals surface area contributed by atoms with Crippen LogP contribution in [0.15, 0.2) is 53.2 Å². The van der Waals surface area contributed by atoms with E-state index in [9.17, 15) is 4.39 Å². The van der Waals surface area contributed by atoms with Crippen LogP contribution in [0.2, 0.25) is 0 Å². The third-order valence-corrected chi connectivity index (χ3v) is 4.42. The molecule has 4 rings (SSSR count). The maximum absolute atomic E-state index is 13.3.